The number of hydrogen-bond donors (Lipinski definition) is 1. The molecule has 0 aromatic heterocycles. The van der Waals surface area contributed by atoms with E-state index in [2.05, 4.69) is 5.32 Å². The van der Waals surface area contributed by atoms with E-state index in [4.69, 9.17) is 14.2 Å². The molecular weight excluding hydrogens is 450 g/mol. The van der Waals surface area contributed by atoms with E-state index in [9.17, 15) is 14.4 Å². The molecule has 2 aliphatic rings. The quantitative estimate of drug-likeness (QED) is 0.525. The van der Waals surface area contributed by atoms with E-state index in [-0.39, 0.29) is 25.7 Å². The molecule has 4 amide bonds. The first-order chi connectivity index (χ1) is 17.0. The van der Waals surface area contributed by atoms with Crippen molar-refractivity contribution in [3.8, 4) is 17.2 Å². The lowest BCUT2D eigenvalue weighted by Crippen LogP contribution is -2.37. The number of nitrogens with zero attached hydrogens (tertiary/aromatic N) is 2. The first-order valence-corrected chi connectivity index (χ1v) is 11.1. The van der Waals surface area contributed by atoms with Gasteiger partial charge in [0.25, 0.3) is 5.91 Å². The first kappa shape index (κ1) is 22.3. The van der Waals surface area contributed by atoms with E-state index in [0.29, 0.717) is 28.6 Å². The summed E-state index contributed by atoms with van der Waals surface area (Å²) < 4.78 is 15.9. The van der Waals surface area contributed by atoms with Gasteiger partial charge in [-0.2, -0.15) is 0 Å². The van der Waals surface area contributed by atoms with Crippen LogP contribution in [0.3, 0.4) is 0 Å². The zero-order valence-corrected chi connectivity index (χ0v) is 19.0. The highest BCUT2D eigenvalue weighted by atomic mass is 16.7. The maximum Gasteiger partial charge on any atom is 0.332 e. The number of ether oxygens (including phenoxy) is 3. The number of methoxy groups -OCH3 is 1. The molecule has 0 spiro atoms. The van der Waals surface area contributed by atoms with Crippen molar-refractivity contribution < 1.29 is 28.6 Å². The number of benzene rings is 3. The highest BCUT2D eigenvalue weighted by Crippen LogP contribution is 2.34. The highest BCUT2D eigenvalue weighted by molar-refractivity contribution is 6.22. The van der Waals surface area contributed by atoms with Gasteiger partial charge in [0.2, 0.25) is 12.7 Å². The van der Waals surface area contributed by atoms with Crippen LogP contribution >= 0.6 is 0 Å². The Hall–Kier alpha value is -4.53. The number of carbonyl (C=O) groups excluding carboxylic acids is 3. The average Bonchev–Trinajstić information content (AvgIpc) is 3.43. The number of rotatable bonds is 7. The SMILES string of the molecule is COc1ccc(NC(=O)C[C@H]2C(=O)N(c3ccccc3)C(=O)N2Cc2ccc3c(c2)OCO3)cc1. The van der Waals surface area contributed by atoms with Crippen LogP contribution in [-0.4, -0.2) is 42.7 Å². The summed E-state index contributed by atoms with van der Waals surface area (Å²) >= 11 is 0. The fraction of sp³-hybridized carbons (Fsp3) is 0.192. The second-order valence-electron chi connectivity index (χ2n) is 8.10. The minimum atomic E-state index is -0.966. The number of hydrogen-bond acceptors (Lipinski definition) is 6. The predicted molar refractivity (Wildman–Crippen MR) is 127 cm³/mol. The third-order valence-corrected chi connectivity index (χ3v) is 5.88. The van der Waals surface area contributed by atoms with Crippen LogP contribution in [0.5, 0.6) is 17.2 Å². The predicted octanol–water partition coefficient (Wildman–Crippen LogP) is 3.79. The van der Waals surface area contributed by atoms with Crippen LogP contribution in [0.4, 0.5) is 16.2 Å². The van der Waals surface area contributed by atoms with Crippen LogP contribution in [0.1, 0.15) is 12.0 Å². The molecule has 0 radical (unpaired) electrons. The second kappa shape index (κ2) is 9.38. The number of fused-ring (bicyclic) bond motifs is 1. The van der Waals surface area contributed by atoms with Crippen LogP contribution in [0.15, 0.2) is 72.8 Å². The van der Waals surface area contributed by atoms with Crippen molar-refractivity contribution in [3.63, 3.8) is 0 Å². The smallest absolute Gasteiger partial charge is 0.332 e. The Balaban J connectivity index is 1.39. The molecule has 5 rings (SSSR count). The van der Waals surface area contributed by atoms with Crippen LogP contribution in [0, 0.1) is 0 Å². The molecule has 9 heteroatoms. The monoisotopic (exact) mass is 473 g/mol. The fourth-order valence-corrected chi connectivity index (χ4v) is 4.13. The molecule has 0 saturated carbocycles. The standard InChI is InChI=1S/C26H23N3O6/c1-33-20-10-8-18(9-11-20)27-24(30)14-21-25(31)29(19-5-3-2-4-6-19)26(32)28(21)15-17-7-12-22-23(13-17)35-16-34-22/h2-13,21H,14-16H2,1H3,(H,27,30)/t21-/m0/s1. The van der Waals surface area contributed by atoms with Crippen molar-refractivity contribution in [3.05, 3.63) is 78.4 Å². The maximum atomic E-state index is 13.4. The number of amides is 4. The third kappa shape index (κ3) is 4.48. The third-order valence-electron chi connectivity index (χ3n) is 5.88. The van der Waals surface area contributed by atoms with Crippen molar-refractivity contribution in [2.75, 3.05) is 24.1 Å². The zero-order valence-electron chi connectivity index (χ0n) is 19.0. The van der Waals surface area contributed by atoms with Gasteiger partial charge in [-0.15, -0.1) is 0 Å². The lowest BCUT2D eigenvalue weighted by Gasteiger charge is -2.22. The molecule has 2 heterocycles. The summed E-state index contributed by atoms with van der Waals surface area (Å²) in [7, 11) is 1.56. The molecule has 2 aliphatic heterocycles. The van der Waals surface area contributed by atoms with E-state index in [1.54, 1.807) is 73.8 Å². The molecule has 1 fully saturated rings. The summed E-state index contributed by atoms with van der Waals surface area (Å²) in [5.74, 6) is 1.03. The highest BCUT2D eigenvalue weighted by Gasteiger charge is 2.46. The summed E-state index contributed by atoms with van der Waals surface area (Å²) in [5, 5.41) is 2.79. The Morgan fingerprint density at radius 3 is 2.49 bits per heavy atom. The van der Waals surface area contributed by atoms with E-state index >= 15 is 0 Å². The summed E-state index contributed by atoms with van der Waals surface area (Å²) in [6.07, 6.45) is -0.190. The minimum absolute atomic E-state index is 0.130. The summed E-state index contributed by atoms with van der Waals surface area (Å²) in [6.45, 7) is 0.265. The average molecular weight is 473 g/mol. The molecule has 178 valence electrons. The number of urea groups is 1. The van der Waals surface area contributed by atoms with Gasteiger partial charge in [-0.05, 0) is 54.1 Å². The molecule has 1 saturated heterocycles. The van der Waals surface area contributed by atoms with E-state index in [0.717, 1.165) is 10.5 Å². The Morgan fingerprint density at radius 1 is 1.00 bits per heavy atom. The van der Waals surface area contributed by atoms with Gasteiger partial charge in [0.05, 0.1) is 19.2 Å². The number of anilines is 2. The van der Waals surface area contributed by atoms with E-state index < -0.39 is 18.0 Å². The van der Waals surface area contributed by atoms with Gasteiger partial charge >= 0.3 is 6.03 Å². The number of carbonyl (C=O) groups is 3. The van der Waals surface area contributed by atoms with Crippen LogP contribution < -0.4 is 24.4 Å². The van der Waals surface area contributed by atoms with E-state index in [1.807, 2.05) is 6.07 Å². The first-order valence-electron chi connectivity index (χ1n) is 11.1. The molecule has 9 nitrogen and oxygen atoms in total. The molecule has 0 aliphatic carbocycles. The Morgan fingerprint density at radius 2 is 1.74 bits per heavy atom. The molecule has 0 unspecified atom stereocenters. The molecular formula is C26H23N3O6. The van der Waals surface area contributed by atoms with E-state index in [1.165, 1.54) is 4.90 Å². The fourth-order valence-electron chi connectivity index (χ4n) is 4.13. The van der Waals surface area contributed by atoms with Crippen molar-refractivity contribution in [1.29, 1.82) is 0 Å². The molecule has 3 aromatic carbocycles. The van der Waals surface area contributed by atoms with Crippen LogP contribution in [0.25, 0.3) is 0 Å². The van der Waals surface area contributed by atoms with Gasteiger partial charge in [-0.25, -0.2) is 9.69 Å². The lowest BCUT2D eigenvalue weighted by molar-refractivity contribution is -0.124. The number of para-hydroxylation sites is 1. The summed E-state index contributed by atoms with van der Waals surface area (Å²) in [5.41, 5.74) is 1.77. The zero-order chi connectivity index (χ0) is 24.4. The van der Waals surface area contributed by atoms with Crippen molar-refractivity contribution in [2.45, 2.75) is 19.0 Å². The molecule has 1 N–H and O–H groups in total. The Kier molecular flexibility index (Phi) is 5.97. The van der Waals surface area contributed by atoms with Gasteiger partial charge in [-0.3, -0.25) is 9.59 Å². The van der Waals surface area contributed by atoms with Gasteiger partial charge in [-0.1, -0.05) is 24.3 Å². The maximum absolute atomic E-state index is 13.4. The second-order valence-corrected chi connectivity index (χ2v) is 8.10. The number of nitrogens with one attached hydrogen (secondary N) is 1. The van der Waals surface area contributed by atoms with Crippen molar-refractivity contribution in [1.82, 2.24) is 4.90 Å². The minimum Gasteiger partial charge on any atom is -0.497 e. The van der Waals surface area contributed by atoms with Gasteiger partial charge in [0.15, 0.2) is 11.5 Å². The largest absolute Gasteiger partial charge is 0.497 e. The van der Waals surface area contributed by atoms with Gasteiger partial charge < -0.3 is 24.4 Å². The normalized spacial score (nSPS) is 16.5. The topological polar surface area (TPSA) is 97.4 Å². The Bertz CT molecular complexity index is 1260. The summed E-state index contributed by atoms with van der Waals surface area (Å²) in [4.78, 5) is 42.2. The molecule has 35 heavy (non-hydrogen) atoms. The summed E-state index contributed by atoms with van der Waals surface area (Å²) in [6, 6.07) is 19.5. The molecule has 1 atom stereocenters. The van der Waals surface area contributed by atoms with Crippen LogP contribution in [-0.2, 0) is 16.1 Å². The Labute approximate surface area is 201 Å². The number of imide groups is 1. The van der Waals surface area contributed by atoms with Crippen LogP contribution in [0.2, 0.25) is 0 Å². The van der Waals surface area contributed by atoms with Gasteiger partial charge in [0.1, 0.15) is 11.8 Å². The van der Waals surface area contributed by atoms with Crippen molar-refractivity contribution in [2.24, 2.45) is 0 Å². The lowest BCUT2D eigenvalue weighted by atomic mass is 10.1. The van der Waals surface area contributed by atoms with Crippen molar-refractivity contribution >= 4 is 29.2 Å². The molecule has 3 aromatic rings. The molecule has 0 bridgehead atoms. The van der Waals surface area contributed by atoms with Gasteiger partial charge in [0, 0.05) is 12.2 Å².